The zero-order valence-electron chi connectivity index (χ0n) is 14.3. The molecule has 0 fully saturated rings. The SMILES string of the molecule is Cc1ccc(OCc2ccc(C(=O)Nc3ccccc3O)o2)c([N+](=O)[O-])c1. The van der Waals surface area contributed by atoms with E-state index >= 15 is 0 Å². The number of phenolic OH excluding ortho intramolecular Hbond substituents is 1. The van der Waals surface area contributed by atoms with E-state index in [0.29, 0.717) is 5.76 Å². The predicted octanol–water partition coefficient (Wildman–Crippen LogP) is 4.03. The number of aryl methyl sites for hydroxylation is 1. The fourth-order valence-electron chi connectivity index (χ4n) is 2.38. The Morgan fingerprint density at radius 2 is 2.00 bits per heavy atom. The summed E-state index contributed by atoms with van der Waals surface area (Å²) in [5, 5.41) is 23.3. The molecule has 0 spiro atoms. The number of nitrogens with zero attached hydrogens (tertiary/aromatic N) is 1. The van der Waals surface area contributed by atoms with Crippen LogP contribution in [0.2, 0.25) is 0 Å². The van der Waals surface area contributed by atoms with Gasteiger partial charge in [-0.2, -0.15) is 0 Å². The van der Waals surface area contributed by atoms with Crippen LogP contribution >= 0.6 is 0 Å². The summed E-state index contributed by atoms with van der Waals surface area (Å²) in [6.45, 7) is 1.67. The van der Waals surface area contributed by atoms with Crippen LogP contribution in [0, 0.1) is 17.0 Å². The highest BCUT2D eigenvalue weighted by molar-refractivity contribution is 6.03. The third-order valence-electron chi connectivity index (χ3n) is 3.72. The topological polar surface area (TPSA) is 115 Å². The molecule has 0 unspecified atom stereocenters. The maximum atomic E-state index is 12.2. The van der Waals surface area contributed by atoms with E-state index in [1.807, 2.05) is 0 Å². The molecule has 3 rings (SSSR count). The highest BCUT2D eigenvalue weighted by Gasteiger charge is 2.17. The van der Waals surface area contributed by atoms with Crippen molar-refractivity contribution in [1.29, 1.82) is 0 Å². The normalized spacial score (nSPS) is 10.4. The van der Waals surface area contributed by atoms with Gasteiger partial charge in [-0.25, -0.2) is 0 Å². The third-order valence-corrected chi connectivity index (χ3v) is 3.72. The average Bonchev–Trinajstić information content (AvgIpc) is 3.11. The summed E-state index contributed by atoms with van der Waals surface area (Å²) in [7, 11) is 0. The maximum absolute atomic E-state index is 12.2. The third kappa shape index (κ3) is 4.24. The Balaban J connectivity index is 1.67. The van der Waals surface area contributed by atoms with Crippen molar-refractivity contribution in [2.45, 2.75) is 13.5 Å². The standard InChI is InChI=1S/C19H16N2O6/c1-12-6-8-17(15(10-12)21(24)25)26-11-13-7-9-18(27-13)19(23)20-14-4-2-3-5-16(14)22/h2-10,22H,11H2,1H3,(H,20,23). The second-order valence-electron chi connectivity index (χ2n) is 5.75. The van der Waals surface area contributed by atoms with Crippen LogP contribution in [-0.2, 0) is 6.61 Å². The maximum Gasteiger partial charge on any atom is 0.311 e. The van der Waals surface area contributed by atoms with Crippen LogP contribution in [0.3, 0.4) is 0 Å². The fourth-order valence-corrected chi connectivity index (χ4v) is 2.38. The first-order valence-corrected chi connectivity index (χ1v) is 8.00. The first-order chi connectivity index (χ1) is 12.9. The predicted molar refractivity (Wildman–Crippen MR) is 96.9 cm³/mol. The molecule has 0 atom stereocenters. The summed E-state index contributed by atoms with van der Waals surface area (Å²) >= 11 is 0. The quantitative estimate of drug-likeness (QED) is 0.385. The number of carbonyl (C=O) groups excluding carboxylic acids is 1. The van der Waals surface area contributed by atoms with Crippen LogP contribution < -0.4 is 10.1 Å². The molecule has 0 bridgehead atoms. The lowest BCUT2D eigenvalue weighted by molar-refractivity contribution is -0.386. The van der Waals surface area contributed by atoms with Crippen molar-refractivity contribution in [2.75, 3.05) is 5.32 Å². The Morgan fingerprint density at radius 3 is 2.74 bits per heavy atom. The second kappa shape index (κ2) is 7.61. The molecule has 0 saturated carbocycles. The van der Waals surface area contributed by atoms with Gasteiger partial charge in [0.15, 0.2) is 11.5 Å². The minimum Gasteiger partial charge on any atom is -0.506 e. The van der Waals surface area contributed by atoms with E-state index in [2.05, 4.69) is 5.32 Å². The number of anilines is 1. The number of nitro benzene ring substituents is 1. The smallest absolute Gasteiger partial charge is 0.311 e. The molecule has 138 valence electrons. The van der Waals surface area contributed by atoms with Gasteiger partial charge in [0, 0.05) is 6.07 Å². The molecule has 2 aromatic carbocycles. The first-order valence-electron chi connectivity index (χ1n) is 8.00. The Morgan fingerprint density at radius 1 is 1.22 bits per heavy atom. The van der Waals surface area contributed by atoms with Gasteiger partial charge < -0.3 is 19.6 Å². The number of nitrogens with one attached hydrogen (secondary N) is 1. The van der Waals surface area contributed by atoms with E-state index < -0.39 is 10.8 Å². The molecule has 8 heteroatoms. The minimum atomic E-state index is -0.538. The summed E-state index contributed by atoms with van der Waals surface area (Å²) in [4.78, 5) is 22.8. The van der Waals surface area contributed by atoms with Gasteiger partial charge in [0.25, 0.3) is 5.91 Å². The van der Waals surface area contributed by atoms with Crippen LogP contribution in [0.4, 0.5) is 11.4 Å². The highest BCUT2D eigenvalue weighted by Crippen LogP contribution is 2.29. The van der Waals surface area contributed by atoms with Crippen molar-refractivity contribution >= 4 is 17.3 Å². The molecule has 0 saturated heterocycles. The molecule has 8 nitrogen and oxygen atoms in total. The number of para-hydroxylation sites is 2. The van der Waals surface area contributed by atoms with Crippen LogP contribution in [0.5, 0.6) is 11.5 Å². The van der Waals surface area contributed by atoms with Gasteiger partial charge in [-0.1, -0.05) is 18.2 Å². The first kappa shape index (κ1) is 18.0. The number of furan rings is 1. The molecular formula is C19H16N2O6. The number of carbonyl (C=O) groups is 1. The van der Waals surface area contributed by atoms with Crippen molar-refractivity contribution < 1.29 is 24.0 Å². The number of rotatable bonds is 6. The van der Waals surface area contributed by atoms with Crippen molar-refractivity contribution in [3.63, 3.8) is 0 Å². The minimum absolute atomic E-state index is 0.0234. The monoisotopic (exact) mass is 368 g/mol. The van der Waals surface area contributed by atoms with Crippen molar-refractivity contribution in [3.8, 4) is 11.5 Å². The lowest BCUT2D eigenvalue weighted by atomic mass is 10.2. The molecule has 2 N–H and O–H groups in total. The molecule has 1 heterocycles. The number of phenols is 1. The Hall–Kier alpha value is -3.81. The van der Waals surface area contributed by atoms with E-state index in [-0.39, 0.29) is 35.2 Å². The average molecular weight is 368 g/mol. The zero-order chi connectivity index (χ0) is 19.4. The summed E-state index contributed by atoms with van der Waals surface area (Å²) in [6, 6.07) is 13.9. The zero-order valence-corrected chi connectivity index (χ0v) is 14.3. The molecule has 27 heavy (non-hydrogen) atoms. The van der Waals surface area contributed by atoms with E-state index in [9.17, 15) is 20.0 Å². The largest absolute Gasteiger partial charge is 0.506 e. The van der Waals surface area contributed by atoms with Gasteiger partial charge in [0.2, 0.25) is 0 Å². The lowest BCUT2D eigenvalue weighted by Crippen LogP contribution is -2.10. The van der Waals surface area contributed by atoms with Crippen molar-refractivity contribution in [1.82, 2.24) is 0 Å². The van der Waals surface area contributed by atoms with Gasteiger partial charge in [-0.05, 0) is 42.8 Å². The Labute approximate surface area is 154 Å². The summed E-state index contributed by atoms with van der Waals surface area (Å²) in [5.74, 6) is -0.138. The van der Waals surface area contributed by atoms with Gasteiger partial charge in [0.05, 0.1) is 10.6 Å². The molecular weight excluding hydrogens is 352 g/mol. The molecule has 1 amide bonds. The number of nitro groups is 1. The fraction of sp³-hybridized carbons (Fsp3) is 0.105. The molecule has 0 aliphatic carbocycles. The van der Waals surface area contributed by atoms with Crippen LogP contribution in [0.15, 0.2) is 59.0 Å². The van der Waals surface area contributed by atoms with Gasteiger partial charge in [0.1, 0.15) is 18.1 Å². The number of hydrogen-bond acceptors (Lipinski definition) is 6. The summed E-state index contributed by atoms with van der Waals surface area (Å²) in [5.41, 5.74) is 0.862. The number of aromatic hydroxyl groups is 1. The number of amides is 1. The highest BCUT2D eigenvalue weighted by atomic mass is 16.6. The number of ether oxygens (including phenoxy) is 1. The summed E-state index contributed by atoms with van der Waals surface area (Å²) < 4.78 is 10.9. The lowest BCUT2D eigenvalue weighted by Gasteiger charge is -2.06. The van der Waals surface area contributed by atoms with Gasteiger partial charge >= 0.3 is 5.69 Å². The molecule has 3 aromatic rings. The van der Waals surface area contributed by atoms with E-state index in [0.717, 1.165) is 5.56 Å². The van der Waals surface area contributed by atoms with Gasteiger partial charge in [-0.3, -0.25) is 14.9 Å². The van der Waals surface area contributed by atoms with Gasteiger partial charge in [-0.15, -0.1) is 0 Å². The summed E-state index contributed by atoms with van der Waals surface area (Å²) in [6.07, 6.45) is 0. The number of benzene rings is 2. The Kier molecular flexibility index (Phi) is 5.07. The second-order valence-corrected chi connectivity index (χ2v) is 5.75. The molecule has 0 aliphatic rings. The van der Waals surface area contributed by atoms with Crippen molar-refractivity contribution in [2.24, 2.45) is 0 Å². The van der Waals surface area contributed by atoms with Crippen LogP contribution in [-0.4, -0.2) is 15.9 Å². The number of hydrogen-bond donors (Lipinski definition) is 2. The van der Waals surface area contributed by atoms with Crippen molar-refractivity contribution in [3.05, 3.63) is 81.8 Å². The Bertz CT molecular complexity index is 995. The van der Waals surface area contributed by atoms with Crippen LogP contribution in [0.1, 0.15) is 21.9 Å². The van der Waals surface area contributed by atoms with Crippen LogP contribution in [0.25, 0.3) is 0 Å². The van der Waals surface area contributed by atoms with E-state index in [1.165, 1.54) is 24.3 Å². The molecule has 0 aliphatic heterocycles. The van der Waals surface area contributed by atoms with E-state index in [1.54, 1.807) is 37.3 Å². The molecule has 0 radical (unpaired) electrons. The molecule has 1 aromatic heterocycles. The van der Waals surface area contributed by atoms with E-state index in [4.69, 9.17) is 9.15 Å².